The molecule has 1 aromatic heterocycles. The lowest BCUT2D eigenvalue weighted by Gasteiger charge is -2.32. The molecule has 1 fully saturated rings. The Balaban J connectivity index is 1.54. The second-order valence-electron chi connectivity index (χ2n) is 7.49. The van der Waals surface area contributed by atoms with Gasteiger partial charge in [-0.05, 0) is 49.6 Å². The van der Waals surface area contributed by atoms with Gasteiger partial charge >= 0.3 is 0 Å². The number of oxazole rings is 1. The van der Waals surface area contributed by atoms with E-state index in [9.17, 15) is 4.79 Å². The van der Waals surface area contributed by atoms with Gasteiger partial charge in [0.05, 0.1) is 19.9 Å². The van der Waals surface area contributed by atoms with Crippen molar-refractivity contribution in [1.82, 2.24) is 15.2 Å². The maximum atomic E-state index is 11.8. The highest BCUT2D eigenvalue weighted by Crippen LogP contribution is 2.24. The summed E-state index contributed by atoms with van der Waals surface area (Å²) in [5.74, 6) is 2.97. The third-order valence-corrected chi connectivity index (χ3v) is 4.98. The molecular weight excluding hydrogens is 342 g/mol. The van der Waals surface area contributed by atoms with E-state index in [1.807, 2.05) is 38.1 Å². The molecule has 27 heavy (non-hydrogen) atoms. The van der Waals surface area contributed by atoms with E-state index in [2.05, 4.69) is 15.2 Å². The van der Waals surface area contributed by atoms with Gasteiger partial charge in [-0.25, -0.2) is 4.98 Å². The summed E-state index contributed by atoms with van der Waals surface area (Å²) in [5.41, 5.74) is 0.988. The average molecular weight is 371 g/mol. The first kappa shape index (κ1) is 19.4. The number of rotatable bonds is 7. The summed E-state index contributed by atoms with van der Waals surface area (Å²) in [7, 11) is 1.65. The quantitative estimate of drug-likeness (QED) is 0.808. The Labute approximate surface area is 160 Å². The van der Waals surface area contributed by atoms with Crippen LogP contribution in [0.2, 0.25) is 0 Å². The summed E-state index contributed by atoms with van der Waals surface area (Å²) < 4.78 is 11.1. The van der Waals surface area contributed by atoms with Crippen molar-refractivity contribution in [1.29, 1.82) is 0 Å². The number of carbonyl (C=O) groups is 1. The number of amides is 1. The fourth-order valence-electron chi connectivity index (χ4n) is 3.37. The Hall–Kier alpha value is -2.34. The fraction of sp³-hybridized carbons (Fsp3) is 0.524. The van der Waals surface area contributed by atoms with Crippen molar-refractivity contribution in [2.45, 2.75) is 33.2 Å². The highest BCUT2D eigenvalue weighted by molar-refractivity contribution is 5.77. The lowest BCUT2D eigenvalue weighted by atomic mass is 9.98. The summed E-state index contributed by atoms with van der Waals surface area (Å²) in [6.07, 6.45) is 4.06. The first-order valence-corrected chi connectivity index (χ1v) is 9.64. The van der Waals surface area contributed by atoms with Crippen LogP contribution < -0.4 is 10.1 Å². The number of benzene rings is 1. The van der Waals surface area contributed by atoms with Crippen molar-refractivity contribution in [2.24, 2.45) is 11.8 Å². The maximum Gasteiger partial charge on any atom is 0.222 e. The zero-order valence-corrected chi connectivity index (χ0v) is 16.4. The van der Waals surface area contributed by atoms with Crippen LogP contribution in [0.25, 0.3) is 11.3 Å². The van der Waals surface area contributed by atoms with Gasteiger partial charge in [0.1, 0.15) is 5.75 Å². The van der Waals surface area contributed by atoms with E-state index >= 15 is 0 Å². The lowest BCUT2D eigenvalue weighted by Crippen LogP contribution is -2.41. The maximum absolute atomic E-state index is 11.8. The molecule has 0 aliphatic carbocycles. The third-order valence-electron chi connectivity index (χ3n) is 4.98. The standard InChI is InChI=1S/C21H29N3O3/c1-15(2)21(25)23-11-16-5-4-10-24(13-16)14-20-22-12-19(27-20)17-6-8-18(26-3)9-7-17/h6-9,12,15-16H,4-5,10-11,13-14H2,1-3H3,(H,23,25)/t16-/m1/s1. The molecule has 1 saturated heterocycles. The first-order chi connectivity index (χ1) is 13.0. The number of carbonyl (C=O) groups excluding carboxylic acids is 1. The second-order valence-corrected chi connectivity index (χ2v) is 7.49. The van der Waals surface area contributed by atoms with Gasteiger partial charge in [0, 0.05) is 24.6 Å². The van der Waals surface area contributed by atoms with E-state index in [0.29, 0.717) is 12.5 Å². The van der Waals surface area contributed by atoms with Crippen LogP contribution in [0.5, 0.6) is 5.75 Å². The van der Waals surface area contributed by atoms with Crippen LogP contribution in [0.1, 0.15) is 32.6 Å². The average Bonchev–Trinajstić information content (AvgIpc) is 3.14. The van der Waals surface area contributed by atoms with Gasteiger partial charge in [-0.1, -0.05) is 13.8 Å². The van der Waals surface area contributed by atoms with Gasteiger partial charge in [-0.3, -0.25) is 9.69 Å². The Bertz CT molecular complexity index is 739. The minimum Gasteiger partial charge on any atom is -0.497 e. The topological polar surface area (TPSA) is 67.6 Å². The molecule has 6 heteroatoms. The summed E-state index contributed by atoms with van der Waals surface area (Å²) >= 11 is 0. The summed E-state index contributed by atoms with van der Waals surface area (Å²) in [4.78, 5) is 18.6. The molecule has 0 radical (unpaired) electrons. The van der Waals surface area contributed by atoms with Gasteiger partial charge in [-0.15, -0.1) is 0 Å². The Kier molecular flexibility index (Phi) is 6.50. The number of hydrogen-bond acceptors (Lipinski definition) is 5. The highest BCUT2D eigenvalue weighted by Gasteiger charge is 2.22. The molecule has 0 saturated carbocycles. The van der Waals surface area contributed by atoms with Crippen molar-refractivity contribution >= 4 is 5.91 Å². The largest absolute Gasteiger partial charge is 0.497 e. The normalized spacial score (nSPS) is 17.9. The number of ether oxygens (including phenoxy) is 1. The van der Waals surface area contributed by atoms with Crippen molar-refractivity contribution < 1.29 is 13.9 Å². The van der Waals surface area contributed by atoms with Crippen molar-refractivity contribution in [3.8, 4) is 17.1 Å². The lowest BCUT2D eigenvalue weighted by molar-refractivity contribution is -0.124. The molecule has 0 unspecified atom stereocenters. The summed E-state index contributed by atoms with van der Waals surface area (Å²) in [6.45, 7) is 7.28. The van der Waals surface area contributed by atoms with Crippen LogP contribution in [-0.4, -0.2) is 42.5 Å². The van der Waals surface area contributed by atoms with Crippen LogP contribution in [0, 0.1) is 11.8 Å². The molecule has 2 aromatic rings. The smallest absolute Gasteiger partial charge is 0.222 e. The van der Waals surface area contributed by atoms with Crippen molar-refractivity contribution in [3.05, 3.63) is 36.4 Å². The minimum atomic E-state index is 0.0355. The minimum absolute atomic E-state index is 0.0355. The summed E-state index contributed by atoms with van der Waals surface area (Å²) in [5, 5.41) is 3.06. The molecule has 1 aromatic carbocycles. The van der Waals surface area contributed by atoms with Crippen LogP contribution in [0.4, 0.5) is 0 Å². The molecule has 6 nitrogen and oxygen atoms in total. The molecule has 1 N–H and O–H groups in total. The zero-order valence-electron chi connectivity index (χ0n) is 16.4. The molecule has 2 heterocycles. The van der Waals surface area contributed by atoms with Gasteiger partial charge in [0.25, 0.3) is 0 Å². The number of piperidine rings is 1. The first-order valence-electron chi connectivity index (χ1n) is 9.64. The van der Waals surface area contributed by atoms with Gasteiger partial charge in [0.2, 0.25) is 11.8 Å². The number of aromatic nitrogens is 1. The zero-order chi connectivity index (χ0) is 19.2. The number of nitrogens with zero attached hydrogens (tertiary/aromatic N) is 2. The van der Waals surface area contributed by atoms with E-state index in [-0.39, 0.29) is 11.8 Å². The van der Waals surface area contributed by atoms with Gasteiger partial charge in [0.15, 0.2) is 5.76 Å². The number of likely N-dealkylation sites (tertiary alicyclic amines) is 1. The highest BCUT2D eigenvalue weighted by atomic mass is 16.5. The number of hydrogen-bond donors (Lipinski definition) is 1. The number of nitrogens with one attached hydrogen (secondary N) is 1. The van der Waals surface area contributed by atoms with Crippen LogP contribution in [0.15, 0.2) is 34.9 Å². The monoisotopic (exact) mass is 371 g/mol. The Morgan fingerprint density at radius 3 is 2.85 bits per heavy atom. The molecule has 3 rings (SSSR count). The molecule has 1 aliphatic rings. The fourth-order valence-corrected chi connectivity index (χ4v) is 3.37. The SMILES string of the molecule is COc1ccc(-c2cnc(CN3CCC[C@H](CNC(=O)C(C)C)C3)o2)cc1. The van der Waals surface area contributed by atoms with Crippen molar-refractivity contribution in [2.75, 3.05) is 26.7 Å². The van der Waals surface area contributed by atoms with E-state index in [1.165, 1.54) is 0 Å². The molecular formula is C21H29N3O3. The molecule has 0 spiro atoms. The van der Waals surface area contributed by atoms with Gasteiger partial charge in [-0.2, -0.15) is 0 Å². The molecule has 0 bridgehead atoms. The third kappa shape index (κ3) is 5.32. The van der Waals surface area contributed by atoms with Crippen molar-refractivity contribution in [3.63, 3.8) is 0 Å². The van der Waals surface area contributed by atoms with Crippen LogP contribution >= 0.6 is 0 Å². The number of methoxy groups -OCH3 is 1. The molecule has 1 atom stereocenters. The predicted octanol–water partition coefficient (Wildman–Crippen LogP) is 3.33. The molecule has 1 aliphatic heterocycles. The van der Waals surface area contributed by atoms with E-state index in [1.54, 1.807) is 13.3 Å². The van der Waals surface area contributed by atoms with Crippen LogP contribution in [0.3, 0.4) is 0 Å². The van der Waals surface area contributed by atoms with Crippen LogP contribution in [-0.2, 0) is 11.3 Å². The second kappa shape index (κ2) is 9.04. The Morgan fingerprint density at radius 1 is 1.37 bits per heavy atom. The van der Waals surface area contributed by atoms with E-state index in [4.69, 9.17) is 9.15 Å². The van der Waals surface area contributed by atoms with Gasteiger partial charge < -0.3 is 14.5 Å². The van der Waals surface area contributed by atoms with E-state index < -0.39 is 0 Å². The van der Waals surface area contributed by atoms with E-state index in [0.717, 1.165) is 55.4 Å². The molecule has 146 valence electrons. The Morgan fingerprint density at radius 2 is 2.15 bits per heavy atom. The predicted molar refractivity (Wildman–Crippen MR) is 104 cm³/mol. The molecule has 1 amide bonds. The summed E-state index contributed by atoms with van der Waals surface area (Å²) in [6, 6.07) is 7.77.